The Morgan fingerprint density at radius 3 is 2.75 bits per heavy atom. The van der Waals surface area contributed by atoms with E-state index in [1.807, 2.05) is 4.68 Å². The fourth-order valence-corrected chi connectivity index (χ4v) is 3.05. The minimum absolute atomic E-state index is 0.278. The number of rotatable bonds is 4. The van der Waals surface area contributed by atoms with Crippen molar-refractivity contribution < 1.29 is 0 Å². The number of aryl methyl sites for hydroxylation is 1. The zero-order chi connectivity index (χ0) is 11.4. The number of nitrogens with zero attached hydrogens (tertiary/aromatic N) is 3. The molecule has 1 aromatic heterocycles. The van der Waals surface area contributed by atoms with Gasteiger partial charge in [0.25, 0.3) is 0 Å². The lowest BCUT2D eigenvalue weighted by molar-refractivity contribution is 0.212. The third kappa shape index (κ3) is 2.40. The van der Waals surface area contributed by atoms with E-state index >= 15 is 0 Å². The van der Waals surface area contributed by atoms with Crippen LogP contribution in [0.3, 0.4) is 0 Å². The van der Waals surface area contributed by atoms with E-state index in [0.717, 1.165) is 24.7 Å². The monoisotopic (exact) mass is 241 g/mol. The highest BCUT2D eigenvalue weighted by atomic mass is 35.5. The Balaban J connectivity index is 2.11. The minimum atomic E-state index is 0.278. The van der Waals surface area contributed by atoms with E-state index in [0.29, 0.717) is 0 Å². The molecule has 0 N–H and O–H groups in total. The molecule has 1 aromatic rings. The average molecular weight is 242 g/mol. The molecule has 0 aromatic carbocycles. The first-order chi connectivity index (χ1) is 7.79. The van der Waals surface area contributed by atoms with Crippen LogP contribution in [0.1, 0.15) is 44.9 Å². The summed E-state index contributed by atoms with van der Waals surface area (Å²) in [5, 5.41) is 4.23. The van der Waals surface area contributed by atoms with Crippen LogP contribution >= 0.6 is 11.6 Å². The maximum absolute atomic E-state index is 6.19. The second-order valence-electron chi connectivity index (χ2n) is 4.86. The molecule has 0 atom stereocenters. The molecule has 3 nitrogen and oxygen atoms in total. The van der Waals surface area contributed by atoms with Gasteiger partial charge in [0.1, 0.15) is 12.2 Å². The minimum Gasteiger partial charge on any atom is -0.250 e. The Kier molecular flexibility index (Phi) is 3.85. The van der Waals surface area contributed by atoms with E-state index in [4.69, 9.17) is 11.6 Å². The molecule has 1 fully saturated rings. The average Bonchev–Trinajstić information content (AvgIpc) is 2.77. The molecule has 0 bridgehead atoms. The lowest BCUT2D eigenvalue weighted by Gasteiger charge is -2.35. The van der Waals surface area contributed by atoms with E-state index in [-0.39, 0.29) is 5.41 Å². The molecule has 0 spiro atoms. The molecule has 1 aliphatic carbocycles. The summed E-state index contributed by atoms with van der Waals surface area (Å²) in [5.74, 6) is 1.86. The van der Waals surface area contributed by atoms with Crippen molar-refractivity contribution >= 4 is 11.6 Å². The summed E-state index contributed by atoms with van der Waals surface area (Å²) in [6, 6.07) is 0. The Morgan fingerprint density at radius 1 is 1.38 bits per heavy atom. The van der Waals surface area contributed by atoms with Crippen LogP contribution < -0.4 is 0 Å². The fraction of sp³-hybridized carbons (Fsp3) is 0.833. The molecule has 1 aliphatic rings. The molecule has 0 radical (unpaired) electrons. The first kappa shape index (κ1) is 11.9. The van der Waals surface area contributed by atoms with Crippen molar-refractivity contribution in [1.82, 2.24) is 14.8 Å². The van der Waals surface area contributed by atoms with Crippen LogP contribution in [0.4, 0.5) is 0 Å². The molecule has 90 valence electrons. The van der Waals surface area contributed by atoms with Gasteiger partial charge in [-0.3, -0.25) is 4.68 Å². The standard InChI is InChI=1S/C12H20ClN3/c1-2-16-11(14-10-15-16)8-12(9-13)6-4-3-5-7-12/h10H,2-9H2,1H3. The van der Waals surface area contributed by atoms with Gasteiger partial charge in [-0.15, -0.1) is 11.6 Å². The number of aromatic nitrogens is 3. The largest absolute Gasteiger partial charge is 0.250 e. The van der Waals surface area contributed by atoms with Gasteiger partial charge in [0, 0.05) is 18.8 Å². The number of hydrogen-bond donors (Lipinski definition) is 0. The molecular formula is C12H20ClN3. The van der Waals surface area contributed by atoms with E-state index in [1.165, 1.54) is 32.1 Å². The second-order valence-corrected chi connectivity index (χ2v) is 5.13. The highest BCUT2D eigenvalue weighted by molar-refractivity contribution is 6.18. The van der Waals surface area contributed by atoms with Crippen molar-refractivity contribution in [3.8, 4) is 0 Å². The van der Waals surface area contributed by atoms with Crippen LogP contribution in [0.25, 0.3) is 0 Å². The molecule has 1 saturated carbocycles. The normalized spacial score (nSPS) is 19.9. The summed E-state index contributed by atoms with van der Waals surface area (Å²) >= 11 is 6.19. The van der Waals surface area contributed by atoms with E-state index in [1.54, 1.807) is 6.33 Å². The van der Waals surface area contributed by atoms with Gasteiger partial charge < -0.3 is 0 Å². The smallest absolute Gasteiger partial charge is 0.138 e. The van der Waals surface area contributed by atoms with Gasteiger partial charge in [-0.05, 0) is 25.2 Å². The maximum atomic E-state index is 6.19. The van der Waals surface area contributed by atoms with Gasteiger partial charge in [-0.1, -0.05) is 19.3 Å². The third-order valence-electron chi connectivity index (χ3n) is 3.73. The molecule has 2 rings (SSSR count). The van der Waals surface area contributed by atoms with Crippen molar-refractivity contribution in [2.75, 3.05) is 5.88 Å². The third-order valence-corrected chi connectivity index (χ3v) is 4.29. The fourth-order valence-electron chi connectivity index (χ4n) is 2.68. The molecule has 0 amide bonds. The van der Waals surface area contributed by atoms with E-state index in [2.05, 4.69) is 17.0 Å². The van der Waals surface area contributed by atoms with Crippen LogP contribution in [0.15, 0.2) is 6.33 Å². The summed E-state index contributed by atoms with van der Waals surface area (Å²) in [6.45, 7) is 3.00. The van der Waals surface area contributed by atoms with E-state index < -0.39 is 0 Å². The van der Waals surface area contributed by atoms with Gasteiger partial charge in [0.2, 0.25) is 0 Å². The first-order valence-corrected chi connectivity index (χ1v) is 6.76. The van der Waals surface area contributed by atoms with Gasteiger partial charge in [0.05, 0.1) is 0 Å². The van der Waals surface area contributed by atoms with Crippen molar-refractivity contribution in [2.45, 2.75) is 52.0 Å². The molecule has 1 heterocycles. The summed E-state index contributed by atoms with van der Waals surface area (Å²) < 4.78 is 1.99. The van der Waals surface area contributed by atoms with Crippen LogP contribution in [-0.2, 0) is 13.0 Å². The zero-order valence-corrected chi connectivity index (χ0v) is 10.7. The number of halogens is 1. The van der Waals surface area contributed by atoms with Crippen LogP contribution in [0.2, 0.25) is 0 Å². The Labute approximate surface area is 102 Å². The summed E-state index contributed by atoms with van der Waals surface area (Å²) in [6.07, 6.45) is 9.12. The van der Waals surface area contributed by atoms with Crippen LogP contribution in [-0.4, -0.2) is 20.6 Å². The molecule has 0 unspecified atom stereocenters. The Hall–Kier alpha value is -0.570. The Morgan fingerprint density at radius 2 is 2.12 bits per heavy atom. The predicted octanol–water partition coefficient (Wildman–Crippen LogP) is 3.03. The lowest BCUT2D eigenvalue weighted by Crippen LogP contribution is -2.30. The van der Waals surface area contributed by atoms with Gasteiger partial charge in [-0.25, -0.2) is 4.98 Å². The van der Waals surface area contributed by atoms with Crippen molar-refractivity contribution in [3.05, 3.63) is 12.2 Å². The van der Waals surface area contributed by atoms with Crippen molar-refractivity contribution in [3.63, 3.8) is 0 Å². The lowest BCUT2D eigenvalue weighted by atomic mass is 9.73. The van der Waals surface area contributed by atoms with Gasteiger partial charge >= 0.3 is 0 Å². The molecular weight excluding hydrogens is 222 g/mol. The molecule has 0 saturated heterocycles. The highest BCUT2D eigenvalue weighted by Crippen LogP contribution is 2.39. The molecule has 4 heteroatoms. The second kappa shape index (κ2) is 5.17. The highest BCUT2D eigenvalue weighted by Gasteiger charge is 2.32. The van der Waals surface area contributed by atoms with Crippen molar-refractivity contribution in [2.24, 2.45) is 5.41 Å². The summed E-state index contributed by atoms with van der Waals surface area (Å²) in [4.78, 5) is 4.37. The predicted molar refractivity (Wildman–Crippen MR) is 65.6 cm³/mol. The quantitative estimate of drug-likeness (QED) is 0.759. The van der Waals surface area contributed by atoms with Crippen LogP contribution in [0.5, 0.6) is 0 Å². The zero-order valence-electron chi connectivity index (χ0n) is 9.95. The number of hydrogen-bond acceptors (Lipinski definition) is 2. The van der Waals surface area contributed by atoms with Gasteiger partial charge in [-0.2, -0.15) is 5.10 Å². The SMILES string of the molecule is CCn1ncnc1CC1(CCl)CCCCC1. The summed E-state index contributed by atoms with van der Waals surface area (Å²) in [7, 11) is 0. The van der Waals surface area contributed by atoms with Crippen LogP contribution in [0, 0.1) is 5.41 Å². The van der Waals surface area contributed by atoms with Crippen molar-refractivity contribution in [1.29, 1.82) is 0 Å². The molecule has 0 aliphatic heterocycles. The summed E-state index contributed by atoms with van der Waals surface area (Å²) in [5.41, 5.74) is 0.278. The van der Waals surface area contributed by atoms with Gasteiger partial charge in [0.15, 0.2) is 0 Å². The number of alkyl halides is 1. The molecule has 16 heavy (non-hydrogen) atoms. The topological polar surface area (TPSA) is 30.7 Å². The maximum Gasteiger partial charge on any atom is 0.138 e. The first-order valence-electron chi connectivity index (χ1n) is 6.22. The Bertz CT molecular complexity index is 329. The van der Waals surface area contributed by atoms with E-state index in [9.17, 15) is 0 Å².